The first-order chi connectivity index (χ1) is 9.43. The number of amides is 1. The lowest BCUT2D eigenvalue weighted by Crippen LogP contribution is -2.41. The van der Waals surface area contributed by atoms with Gasteiger partial charge in [0.25, 0.3) is 0 Å². The molecule has 0 saturated carbocycles. The normalized spacial score (nSPS) is 11.9. The highest BCUT2D eigenvalue weighted by Gasteiger charge is 2.21. The van der Waals surface area contributed by atoms with Crippen LogP contribution in [0.5, 0.6) is 0 Å². The third kappa shape index (κ3) is 5.33. The lowest BCUT2D eigenvalue weighted by molar-refractivity contribution is -0.146. The highest BCUT2D eigenvalue weighted by atomic mass is 79.9. The van der Waals surface area contributed by atoms with Gasteiger partial charge in [-0.05, 0) is 37.5 Å². The zero-order valence-electron chi connectivity index (χ0n) is 11.8. The van der Waals surface area contributed by atoms with Crippen LogP contribution in [0.1, 0.15) is 32.3 Å². The fraction of sp³-hybridized carbons (Fsp3) is 0.467. The number of carbonyl (C=O) groups excluding carboxylic acids is 1. The van der Waals surface area contributed by atoms with E-state index in [1.54, 1.807) is 0 Å². The first-order valence-electron chi connectivity index (χ1n) is 6.69. The number of carboxylic acids is 1. The Hall–Kier alpha value is -1.36. The minimum atomic E-state index is -0.970. The maximum atomic E-state index is 12.2. The van der Waals surface area contributed by atoms with E-state index >= 15 is 0 Å². The number of hydrogen-bond donors (Lipinski definition) is 1. The van der Waals surface area contributed by atoms with Gasteiger partial charge < -0.3 is 10.0 Å². The minimum absolute atomic E-state index is 0.0523. The molecule has 0 aliphatic carbocycles. The standard InChI is InChI=1S/C15H20BrNO3/c1-3-11(2)17(10-15(19)20)14(18)9-6-12-4-7-13(16)8-5-12/h4-5,7-8,11H,3,6,9-10H2,1-2H3,(H,19,20). The summed E-state index contributed by atoms with van der Waals surface area (Å²) < 4.78 is 1.000. The van der Waals surface area contributed by atoms with Gasteiger partial charge >= 0.3 is 5.97 Å². The van der Waals surface area contributed by atoms with Gasteiger partial charge in [0.1, 0.15) is 6.54 Å². The maximum absolute atomic E-state index is 12.2. The molecule has 1 atom stereocenters. The summed E-state index contributed by atoms with van der Waals surface area (Å²) in [5.41, 5.74) is 1.07. The lowest BCUT2D eigenvalue weighted by atomic mass is 10.1. The van der Waals surface area contributed by atoms with E-state index in [4.69, 9.17) is 5.11 Å². The van der Waals surface area contributed by atoms with Crippen LogP contribution >= 0.6 is 15.9 Å². The molecule has 5 heteroatoms. The van der Waals surface area contributed by atoms with Crippen LogP contribution in [0.3, 0.4) is 0 Å². The minimum Gasteiger partial charge on any atom is -0.480 e. The van der Waals surface area contributed by atoms with Crippen LogP contribution in [0.2, 0.25) is 0 Å². The molecular weight excluding hydrogens is 322 g/mol. The molecule has 0 spiro atoms. The van der Waals surface area contributed by atoms with Crippen molar-refractivity contribution < 1.29 is 14.7 Å². The molecule has 1 aromatic carbocycles. The van der Waals surface area contributed by atoms with Gasteiger partial charge in [-0.25, -0.2) is 0 Å². The first-order valence-corrected chi connectivity index (χ1v) is 7.49. The maximum Gasteiger partial charge on any atom is 0.323 e. The lowest BCUT2D eigenvalue weighted by Gasteiger charge is -2.27. The monoisotopic (exact) mass is 341 g/mol. The van der Waals surface area contributed by atoms with Crippen LogP contribution in [0.4, 0.5) is 0 Å². The average molecular weight is 342 g/mol. The number of nitrogens with zero attached hydrogens (tertiary/aromatic N) is 1. The summed E-state index contributed by atoms with van der Waals surface area (Å²) >= 11 is 3.36. The van der Waals surface area contributed by atoms with Gasteiger partial charge in [-0.3, -0.25) is 9.59 Å². The quantitative estimate of drug-likeness (QED) is 0.828. The topological polar surface area (TPSA) is 57.6 Å². The Bertz CT molecular complexity index is 459. The first kappa shape index (κ1) is 16.7. The fourth-order valence-corrected chi connectivity index (χ4v) is 2.17. The molecular formula is C15H20BrNO3. The van der Waals surface area contributed by atoms with Gasteiger partial charge in [-0.1, -0.05) is 35.0 Å². The van der Waals surface area contributed by atoms with Gasteiger partial charge in [-0.2, -0.15) is 0 Å². The van der Waals surface area contributed by atoms with Crippen LogP contribution < -0.4 is 0 Å². The fourth-order valence-electron chi connectivity index (χ4n) is 1.90. The third-order valence-corrected chi connectivity index (χ3v) is 3.82. The molecule has 0 bridgehead atoms. The molecule has 1 rings (SSSR count). The molecule has 20 heavy (non-hydrogen) atoms. The number of carbonyl (C=O) groups is 2. The Morgan fingerprint density at radius 1 is 1.30 bits per heavy atom. The van der Waals surface area contributed by atoms with Gasteiger partial charge in [0.2, 0.25) is 5.91 Å². The van der Waals surface area contributed by atoms with Gasteiger partial charge in [-0.15, -0.1) is 0 Å². The number of carboxylic acid groups (broad SMARTS) is 1. The second-order valence-electron chi connectivity index (χ2n) is 4.80. The number of rotatable bonds is 7. The van der Waals surface area contributed by atoms with Crippen molar-refractivity contribution in [1.82, 2.24) is 4.90 Å². The summed E-state index contributed by atoms with van der Waals surface area (Å²) in [5, 5.41) is 8.89. The van der Waals surface area contributed by atoms with E-state index < -0.39 is 5.97 Å². The Labute approximate surface area is 127 Å². The molecule has 0 saturated heterocycles. The second kappa shape index (κ2) is 8.04. The second-order valence-corrected chi connectivity index (χ2v) is 5.71. The van der Waals surface area contributed by atoms with Crippen LogP contribution in [-0.4, -0.2) is 34.5 Å². The summed E-state index contributed by atoms with van der Waals surface area (Å²) in [6, 6.07) is 7.74. The Balaban J connectivity index is 2.61. The van der Waals surface area contributed by atoms with Crippen LogP contribution in [0.25, 0.3) is 0 Å². The SMILES string of the molecule is CCC(C)N(CC(=O)O)C(=O)CCc1ccc(Br)cc1. The van der Waals surface area contributed by atoms with Gasteiger partial charge in [0.05, 0.1) is 0 Å². The zero-order chi connectivity index (χ0) is 15.1. The van der Waals surface area contributed by atoms with Gasteiger partial charge in [0, 0.05) is 16.9 Å². The van der Waals surface area contributed by atoms with Crippen molar-refractivity contribution in [3.8, 4) is 0 Å². The van der Waals surface area contributed by atoms with Crippen molar-refractivity contribution in [2.45, 2.75) is 39.2 Å². The largest absolute Gasteiger partial charge is 0.480 e. The average Bonchev–Trinajstić information content (AvgIpc) is 2.42. The zero-order valence-corrected chi connectivity index (χ0v) is 13.4. The predicted molar refractivity (Wildman–Crippen MR) is 81.6 cm³/mol. The number of aryl methyl sites for hydroxylation is 1. The van der Waals surface area contributed by atoms with E-state index in [9.17, 15) is 9.59 Å². The number of halogens is 1. The third-order valence-electron chi connectivity index (χ3n) is 3.29. The molecule has 0 fully saturated rings. The van der Waals surface area contributed by atoms with E-state index in [0.29, 0.717) is 12.8 Å². The number of aliphatic carboxylic acids is 1. The van der Waals surface area contributed by atoms with E-state index in [1.165, 1.54) is 4.90 Å². The molecule has 0 heterocycles. The molecule has 110 valence electrons. The highest BCUT2D eigenvalue weighted by molar-refractivity contribution is 9.10. The van der Waals surface area contributed by atoms with Gasteiger partial charge in [0.15, 0.2) is 0 Å². The van der Waals surface area contributed by atoms with E-state index in [0.717, 1.165) is 16.5 Å². The number of benzene rings is 1. The molecule has 1 aromatic rings. The molecule has 0 aliphatic rings. The molecule has 1 amide bonds. The highest BCUT2D eigenvalue weighted by Crippen LogP contribution is 2.13. The molecule has 0 aromatic heterocycles. The summed E-state index contributed by atoms with van der Waals surface area (Å²) in [6.07, 6.45) is 1.70. The van der Waals surface area contributed by atoms with E-state index in [-0.39, 0.29) is 18.5 Å². The van der Waals surface area contributed by atoms with Crippen molar-refractivity contribution >= 4 is 27.8 Å². The van der Waals surface area contributed by atoms with Crippen molar-refractivity contribution in [1.29, 1.82) is 0 Å². The number of hydrogen-bond acceptors (Lipinski definition) is 2. The van der Waals surface area contributed by atoms with Crippen molar-refractivity contribution in [2.24, 2.45) is 0 Å². The van der Waals surface area contributed by atoms with Crippen molar-refractivity contribution in [3.05, 3.63) is 34.3 Å². The summed E-state index contributed by atoms with van der Waals surface area (Å²) in [6.45, 7) is 3.59. The Morgan fingerprint density at radius 2 is 1.90 bits per heavy atom. The molecule has 1 unspecified atom stereocenters. The summed E-state index contributed by atoms with van der Waals surface area (Å²) in [7, 11) is 0. The van der Waals surface area contributed by atoms with Crippen molar-refractivity contribution in [3.63, 3.8) is 0 Å². The van der Waals surface area contributed by atoms with E-state index in [2.05, 4.69) is 15.9 Å². The Kier molecular flexibility index (Phi) is 6.71. The summed E-state index contributed by atoms with van der Waals surface area (Å²) in [5.74, 6) is -1.08. The smallest absolute Gasteiger partial charge is 0.323 e. The summed E-state index contributed by atoms with van der Waals surface area (Å²) in [4.78, 5) is 24.5. The molecule has 0 radical (unpaired) electrons. The van der Waals surface area contributed by atoms with Crippen LogP contribution in [-0.2, 0) is 16.0 Å². The van der Waals surface area contributed by atoms with E-state index in [1.807, 2.05) is 38.1 Å². The van der Waals surface area contributed by atoms with Crippen molar-refractivity contribution in [2.75, 3.05) is 6.54 Å². The van der Waals surface area contributed by atoms with Crippen LogP contribution in [0, 0.1) is 0 Å². The molecule has 0 aliphatic heterocycles. The molecule has 1 N–H and O–H groups in total. The predicted octanol–water partition coefficient (Wildman–Crippen LogP) is 3.09. The Morgan fingerprint density at radius 3 is 2.40 bits per heavy atom. The molecule has 4 nitrogen and oxygen atoms in total. The van der Waals surface area contributed by atoms with Crippen LogP contribution in [0.15, 0.2) is 28.7 Å².